The SMILES string of the molecule is C=CC(C)CCCC(C)(C)C(C(=O)O)C(=O)c1ccc2ccccc2c1. The lowest BCUT2D eigenvalue weighted by molar-refractivity contribution is -0.143. The van der Waals surface area contributed by atoms with E-state index < -0.39 is 17.3 Å². The second-order valence-corrected chi connectivity index (χ2v) is 7.79. The van der Waals surface area contributed by atoms with Gasteiger partial charge < -0.3 is 5.11 Å². The number of carboxylic acids is 1. The molecule has 0 spiro atoms. The Morgan fingerprint density at radius 2 is 1.81 bits per heavy atom. The molecule has 0 aromatic heterocycles. The monoisotopic (exact) mass is 352 g/mol. The molecule has 2 aromatic rings. The fourth-order valence-electron chi connectivity index (χ4n) is 3.45. The van der Waals surface area contributed by atoms with Gasteiger partial charge in [0.2, 0.25) is 0 Å². The molecule has 0 aliphatic rings. The minimum Gasteiger partial charge on any atom is -0.481 e. The van der Waals surface area contributed by atoms with Gasteiger partial charge in [-0.25, -0.2) is 0 Å². The summed E-state index contributed by atoms with van der Waals surface area (Å²) < 4.78 is 0. The lowest BCUT2D eigenvalue weighted by atomic mass is 9.71. The molecule has 2 aromatic carbocycles. The maximum Gasteiger partial charge on any atom is 0.314 e. The summed E-state index contributed by atoms with van der Waals surface area (Å²) >= 11 is 0. The van der Waals surface area contributed by atoms with E-state index >= 15 is 0 Å². The largest absolute Gasteiger partial charge is 0.481 e. The van der Waals surface area contributed by atoms with Crippen molar-refractivity contribution in [3.8, 4) is 0 Å². The minimum atomic E-state index is -1.05. The molecule has 0 saturated heterocycles. The summed E-state index contributed by atoms with van der Waals surface area (Å²) in [5.74, 6) is -2.03. The fraction of sp³-hybridized carbons (Fsp3) is 0.391. The van der Waals surface area contributed by atoms with Crippen molar-refractivity contribution < 1.29 is 14.7 Å². The lowest BCUT2D eigenvalue weighted by Gasteiger charge is -2.31. The van der Waals surface area contributed by atoms with Crippen LogP contribution in [-0.4, -0.2) is 16.9 Å². The third kappa shape index (κ3) is 4.60. The zero-order valence-electron chi connectivity index (χ0n) is 15.9. The highest BCUT2D eigenvalue weighted by molar-refractivity contribution is 6.10. The molecule has 2 unspecified atom stereocenters. The molecule has 0 saturated carbocycles. The average molecular weight is 352 g/mol. The van der Waals surface area contributed by atoms with Crippen molar-refractivity contribution in [3.63, 3.8) is 0 Å². The number of aliphatic carboxylic acids is 1. The third-order valence-corrected chi connectivity index (χ3v) is 5.21. The Morgan fingerprint density at radius 3 is 2.42 bits per heavy atom. The molecule has 2 atom stereocenters. The fourth-order valence-corrected chi connectivity index (χ4v) is 3.45. The molecule has 0 fully saturated rings. The lowest BCUT2D eigenvalue weighted by Crippen LogP contribution is -2.37. The van der Waals surface area contributed by atoms with Crippen LogP contribution in [0.15, 0.2) is 55.1 Å². The molecule has 1 N–H and O–H groups in total. The highest BCUT2D eigenvalue weighted by atomic mass is 16.4. The van der Waals surface area contributed by atoms with Crippen LogP contribution in [0.5, 0.6) is 0 Å². The molecule has 138 valence electrons. The summed E-state index contributed by atoms with van der Waals surface area (Å²) in [5, 5.41) is 11.8. The zero-order valence-corrected chi connectivity index (χ0v) is 15.9. The molecule has 2 rings (SSSR count). The van der Waals surface area contributed by atoms with Crippen molar-refractivity contribution in [3.05, 3.63) is 60.7 Å². The second-order valence-electron chi connectivity index (χ2n) is 7.79. The van der Waals surface area contributed by atoms with Crippen molar-refractivity contribution in [1.82, 2.24) is 0 Å². The van der Waals surface area contributed by atoms with Crippen LogP contribution in [0.2, 0.25) is 0 Å². The number of carbonyl (C=O) groups is 2. The molecule has 3 nitrogen and oxygen atoms in total. The summed E-state index contributed by atoms with van der Waals surface area (Å²) in [6.07, 6.45) is 4.40. The van der Waals surface area contributed by atoms with Crippen molar-refractivity contribution in [2.75, 3.05) is 0 Å². The maximum absolute atomic E-state index is 13.0. The average Bonchev–Trinajstić information content (AvgIpc) is 2.60. The predicted octanol–water partition coefficient (Wildman–Crippen LogP) is 5.74. The van der Waals surface area contributed by atoms with E-state index in [1.165, 1.54) is 0 Å². The van der Waals surface area contributed by atoms with E-state index in [1.807, 2.05) is 50.3 Å². The summed E-state index contributed by atoms with van der Waals surface area (Å²) in [5.41, 5.74) is -0.154. The second kappa shape index (κ2) is 8.31. The molecule has 0 bridgehead atoms. The first-order valence-corrected chi connectivity index (χ1v) is 9.14. The predicted molar refractivity (Wildman–Crippen MR) is 106 cm³/mol. The van der Waals surface area contributed by atoms with Gasteiger partial charge in [0.25, 0.3) is 0 Å². The Kier molecular flexibility index (Phi) is 6.36. The Bertz CT molecular complexity index is 804. The quantitative estimate of drug-likeness (QED) is 0.355. The van der Waals surface area contributed by atoms with Gasteiger partial charge in [0.05, 0.1) is 0 Å². The number of fused-ring (bicyclic) bond motifs is 1. The van der Waals surface area contributed by atoms with E-state index in [-0.39, 0.29) is 5.78 Å². The Morgan fingerprint density at radius 1 is 1.15 bits per heavy atom. The van der Waals surface area contributed by atoms with Gasteiger partial charge in [-0.15, -0.1) is 6.58 Å². The molecular formula is C23H28O3. The number of rotatable bonds is 9. The van der Waals surface area contributed by atoms with Crippen molar-refractivity contribution in [2.45, 2.75) is 40.0 Å². The number of benzene rings is 2. The molecule has 26 heavy (non-hydrogen) atoms. The van der Waals surface area contributed by atoms with Gasteiger partial charge in [0.1, 0.15) is 5.92 Å². The van der Waals surface area contributed by atoms with Crippen LogP contribution >= 0.6 is 0 Å². The maximum atomic E-state index is 13.0. The summed E-state index contributed by atoms with van der Waals surface area (Å²) in [6.45, 7) is 9.63. The Hall–Kier alpha value is -2.42. The summed E-state index contributed by atoms with van der Waals surface area (Å²) in [6, 6.07) is 13.2. The van der Waals surface area contributed by atoms with Gasteiger partial charge in [-0.1, -0.05) is 69.7 Å². The smallest absolute Gasteiger partial charge is 0.314 e. The molecule has 0 aliphatic heterocycles. The number of carboxylic acid groups (broad SMARTS) is 1. The van der Waals surface area contributed by atoms with Crippen molar-refractivity contribution in [2.24, 2.45) is 17.3 Å². The number of Topliss-reactive ketones (excluding diaryl/α,β-unsaturated/α-hetero) is 1. The third-order valence-electron chi connectivity index (χ3n) is 5.21. The number of hydrogen-bond acceptors (Lipinski definition) is 2. The highest BCUT2D eigenvalue weighted by Gasteiger charge is 2.40. The first kappa shape index (κ1) is 19.9. The van der Waals surface area contributed by atoms with E-state index in [9.17, 15) is 14.7 Å². The van der Waals surface area contributed by atoms with Crippen LogP contribution in [0.1, 0.15) is 50.4 Å². The molecule has 0 radical (unpaired) electrons. The van der Waals surface area contributed by atoms with Crippen LogP contribution in [0.3, 0.4) is 0 Å². The van der Waals surface area contributed by atoms with E-state index in [0.717, 1.165) is 23.6 Å². The van der Waals surface area contributed by atoms with Crippen LogP contribution in [0.4, 0.5) is 0 Å². The summed E-state index contributed by atoms with van der Waals surface area (Å²) in [7, 11) is 0. The molecular weight excluding hydrogens is 324 g/mol. The van der Waals surface area contributed by atoms with Crippen LogP contribution < -0.4 is 0 Å². The Balaban J connectivity index is 2.24. The van der Waals surface area contributed by atoms with E-state index in [0.29, 0.717) is 17.9 Å². The molecule has 0 heterocycles. The van der Waals surface area contributed by atoms with E-state index in [2.05, 4.69) is 13.5 Å². The zero-order chi connectivity index (χ0) is 19.3. The number of carbonyl (C=O) groups excluding carboxylic acids is 1. The van der Waals surface area contributed by atoms with Crippen molar-refractivity contribution in [1.29, 1.82) is 0 Å². The first-order chi connectivity index (χ1) is 12.3. The number of ketones is 1. The van der Waals surface area contributed by atoms with E-state index in [1.54, 1.807) is 12.1 Å². The van der Waals surface area contributed by atoms with Gasteiger partial charge >= 0.3 is 5.97 Å². The summed E-state index contributed by atoms with van der Waals surface area (Å²) in [4.78, 5) is 25.0. The first-order valence-electron chi connectivity index (χ1n) is 9.14. The van der Waals surface area contributed by atoms with Crippen LogP contribution in [0.25, 0.3) is 10.8 Å². The van der Waals surface area contributed by atoms with Gasteiger partial charge in [0, 0.05) is 5.56 Å². The van der Waals surface area contributed by atoms with Crippen LogP contribution in [0, 0.1) is 17.3 Å². The van der Waals surface area contributed by atoms with E-state index in [4.69, 9.17) is 0 Å². The standard InChI is InChI=1S/C23H28O3/c1-5-16(2)9-8-14-23(3,4)20(22(25)26)21(24)19-13-12-17-10-6-7-11-18(17)15-19/h5-7,10-13,15-16,20H,1,8-9,14H2,2-4H3,(H,25,26). The van der Waals surface area contributed by atoms with Gasteiger partial charge in [-0.2, -0.15) is 0 Å². The minimum absolute atomic E-state index is 0.315. The highest BCUT2D eigenvalue weighted by Crippen LogP contribution is 2.36. The number of allylic oxidation sites excluding steroid dienone is 1. The van der Waals surface area contributed by atoms with Gasteiger partial charge in [0.15, 0.2) is 5.78 Å². The topological polar surface area (TPSA) is 54.4 Å². The number of hydrogen-bond donors (Lipinski definition) is 1. The molecule has 0 amide bonds. The normalized spacial score (nSPS) is 14.0. The van der Waals surface area contributed by atoms with Gasteiger partial charge in [-0.3, -0.25) is 9.59 Å². The Labute approximate surface area is 155 Å². The van der Waals surface area contributed by atoms with Gasteiger partial charge in [-0.05, 0) is 41.0 Å². The van der Waals surface area contributed by atoms with Crippen molar-refractivity contribution >= 4 is 22.5 Å². The molecule has 0 aliphatic carbocycles. The molecule has 3 heteroatoms. The van der Waals surface area contributed by atoms with Crippen LogP contribution in [-0.2, 0) is 4.79 Å².